The zero-order valence-electron chi connectivity index (χ0n) is 23.5. The summed E-state index contributed by atoms with van der Waals surface area (Å²) in [5, 5.41) is 3.02. The van der Waals surface area contributed by atoms with Gasteiger partial charge in [0.15, 0.2) is 0 Å². The number of hydrogen-bond acceptors (Lipinski definition) is 4. The van der Waals surface area contributed by atoms with E-state index in [1.165, 1.54) is 0 Å². The molecule has 0 saturated heterocycles. The predicted molar refractivity (Wildman–Crippen MR) is 159 cm³/mol. The molecule has 0 fully saturated rings. The Hall–Kier alpha value is -4.58. The lowest BCUT2D eigenvalue weighted by Gasteiger charge is -2.32. The van der Waals surface area contributed by atoms with Gasteiger partial charge in [0.25, 0.3) is 5.91 Å². The number of methoxy groups -OCH3 is 2. The third-order valence-corrected chi connectivity index (χ3v) is 6.87. The summed E-state index contributed by atoms with van der Waals surface area (Å²) in [6.07, 6.45) is 0.174. The van der Waals surface area contributed by atoms with Crippen molar-refractivity contribution in [1.29, 1.82) is 0 Å². The Morgan fingerprint density at radius 3 is 1.80 bits per heavy atom. The van der Waals surface area contributed by atoms with Gasteiger partial charge < -0.3 is 19.7 Å². The van der Waals surface area contributed by atoms with Gasteiger partial charge in [-0.15, -0.1) is 0 Å². The van der Waals surface area contributed by atoms with E-state index in [9.17, 15) is 9.59 Å². The van der Waals surface area contributed by atoms with Crippen molar-refractivity contribution < 1.29 is 19.1 Å². The Labute approximate surface area is 236 Å². The standard InChI is InChI=1S/C34H36N2O4/c1-24(2)27-12-14-28(15-13-27)33(34(38)35-29-16-20-31(40-4)21-17-29)36(23-26-10-18-30(39-3)19-11-26)32(37)22-25-8-6-5-7-9-25/h5-21,24,33H,22-23H2,1-4H3,(H,35,38). The first-order valence-electron chi connectivity index (χ1n) is 13.4. The van der Waals surface area contributed by atoms with Crippen LogP contribution in [0.2, 0.25) is 0 Å². The lowest BCUT2D eigenvalue weighted by atomic mass is 9.97. The molecule has 0 aliphatic heterocycles. The Morgan fingerprint density at radius 2 is 1.25 bits per heavy atom. The summed E-state index contributed by atoms with van der Waals surface area (Å²) >= 11 is 0. The van der Waals surface area contributed by atoms with Crippen LogP contribution in [0.1, 0.15) is 48.1 Å². The van der Waals surface area contributed by atoms with Crippen molar-refractivity contribution in [3.05, 3.63) is 125 Å². The molecule has 4 rings (SSSR count). The van der Waals surface area contributed by atoms with E-state index >= 15 is 0 Å². The number of amides is 2. The molecule has 0 aromatic heterocycles. The molecule has 0 heterocycles. The van der Waals surface area contributed by atoms with Crippen LogP contribution in [0.3, 0.4) is 0 Å². The number of nitrogens with one attached hydrogen (secondary N) is 1. The second-order valence-electron chi connectivity index (χ2n) is 9.97. The fourth-order valence-corrected chi connectivity index (χ4v) is 4.54. The molecule has 1 N–H and O–H groups in total. The molecule has 0 radical (unpaired) electrons. The molecule has 6 heteroatoms. The van der Waals surface area contributed by atoms with E-state index in [1.807, 2.05) is 78.9 Å². The molecule has 6 nitrogen and oxygen atoms in total. The third-order valence-electron chi connectivity index (χ3n) is 6.87. The highest BCUT2D eigenvalue weighted by Crippen LogP contribution is 2.29. The van der Waals surface area contributed by atoms with Crippen LogP contribution in [0.15, 0.2) is 103 Å². The molecule has 0 saturated carbocycles. The highest BCUT2D eigenvalue weighted by Gasteiger charge is 2.32. The summed E-state index contributed by atoms with van der Waals surface area (Å²) in [4.78, 5) is 29.7. The van der Waals surface area contributed by atoms with Gasteiger partial charge in [-0.25, -0.2) is 0 Å². The first-order valence-corrected chi connectivity index (χ1v) is 13.4. The number of rotatable bonds is 11. The first kappa shape index (κ1) is 28.4. The van der Waals surface area contributed by atoms with Crippen molar-refractivity contribution >= 4 is 17.5 Å². The molecule has 4 aromatic rings. The lowest BCUT2D eigenvalue weighted by Crippen LogP contribution is -2.41. The third kappa shape index (κ3) is 7.29. The highest BCUT2D eigenvalue weighted by molar-refractivity contribution is 5.98. The lowest BCUT2D eigenvalue weighted by molar-refractivity contribution is -0.139. The van der Waals surface area contributed by atoms with Gasteiger partial charge in [-0.2, -0.15) is 0 Å². The molecule has 0 aliphatic rings. The van der Waals surface area contributed by atoms with Crippen LogP contribution >= 0.6 is 0 Å². The quantitative estimate of drug-likeness (QED) is 0.229. The summed E-state index contributed by atoms with van der Waals surface area (Å²) in [6, 6.07) is 31.4. The Morgan fingerprint density at radius 1 is 0.700 bits per heavy atom. The molecule has 0 aliphatic carbocycles. The normalized spacial score (nSPS) is 11.5. The van der Waals surface area contributed by atoms with Crippen molar-refractivity contribution in [2.24, 2.45) is 0 Å². The molecule has 206 valence electrons. The van der Waals surface area contributed by atoms with Gasteiger partial charge in [0.1, 0.15) is 17.5 Å². The topological polar surface area (TPSA) is 67.9 Å². The average molecular weight is 537 g/mol. The van der Waals surface area contributed by atoms with Crippen molar-refractivity contribution in [3.63, 3.8) is 0 Å². The largest absolute Gasteiger partial charge is 0.497 e. The van der Waals surface area contributed by atoms with Gasteiger partial charge in [-0.05, 0) is 64.6 Å². The zero-order valence-corrected chi connectivity index (χ0v) is 23.5. The maximum Gasteiger partial charge on any atom is 0.251 e. The molecular formula is C34H36N2O4. The summed E-state index contributed by atoms with van der Waals surface area (Å²) in [6.45, 7) is 4.51. The van der Waals surface area contributed by atoms with Crippen LogP contribution in [0, 0.1) is 0 Å². The first-order chi connectivity index (χ1) is 19.4. The molecular weight excluding hydrogens is 500 g/mol. The van der Waals surface area contributed by atoms with E-state index in [4.69, 9.17) is 9.47 Å². The number of hydrogen-bond donors (Lipinski definition) is 1. The van der Waals surface area contributed by atoms with E-state index in [0.29, 0.717) is 17.4 Å². The van der Waals surface area contributed by atoms with E-state index < -0.39 is 6.04 Å². The van der Waals surface area contributed by atoms with Crippen LogP contribution in [0.25, 0.3) is 0 Å². The smallest absolute Gasteiger partial charge is 0.251 e. The summed E-state index contributed by atoms with van der Waals surface area (Å²) in [5.41, 5.74) is 4.30. The zero-order chi connectivity index (χ0) is 28.5. The Kier molecular flexibility index (Phi) is 9.57. The Balaban J connectivity index is 1.74. The van der Waals surface area contributed by atoms with Crippen LogP contribution in [0.4, 0.5) is 5.69 Å². The SMILES string of the molecule is COc1ccc(CN(C(=O)Cc2ccccc2)C(C(=O)Nc2ccc(OC)cc2)c2ccc(C(C)C)cc2)cc1. The molecule has 0 bridgehead atoms. The van der Waals surface area contributed by atoms with Gasteiger partial charge in [0.05, 0.1) is 20.6 Å². The number of ether oxygens (including phenoxy) is 2. The highest BCUT2D eigenvalue weighted by atomic mass is 16.5. The van der Waals surface area contributed by atoms with Crippen LogP contribution in [0.5, 0.6) is 11.5 Å². The van der Waals surface area contributed by atoms with Gasteiger partial charge >= 0.3 is 0 Å². The molecule has 0 spiro atoms. The fourth-order valence-electron chi connectivity index (χ4n) is 4.54. The van der Waals surface area contributed by atoms with Crippen molar-refractivity contribution in [2.45, 2.75) is 38.8 Å². The van der Waals surface area contributed by atoms with E-state index in [-0.39, 0.29) is 24.8 Å². The van der Waals surface area contributed by atoms with Gasteiger partial charge in [-0.3, -0.25) is 9.59 Å². The minimum Gasteiger partial charge on any atom is -0.497 e. The second kappa shape index (κ2) is 13.5. The minimum atomic E-state index is -0.860. The summed E-state index contributed by atoms with van der Waals surface area (Å²) < 4.78 is 10.6. The molecule has 2 amide bonds. The fraction of sp³-hybridized carbons (Fsp3) is 0.235. The number of benzene rings is 4. The van der Waals surface area contributed by atoms with Crippen molar-refractivity contribution in [3.8, 4) is 11.5 Å². The van der Waals surface area contributed by atoms with Crippen LogP contribution < -0.4 is 14.8 Å². The number of carbonyl (C=O) groups excluding carboxylic acids is 2. The maximum absolute atomic E-state index is 14.0. The maximum atomic E-state index is 14.0. The van der Waals surface area contributed by atoms with Gasteiger partial charge in [0, 0.05) is 12.2 Å². The molecule has 1 atom stereocenters. The van der Waals surface area contributed by atoms with Crippen molar-refractivity contribution in [2.75, 3.05) is 19.5 Å². The van der Waals surface area contributed by atoms with Gasteiger partial charge in [0.2, 0.25) is 5.91 Å². The summed E-state index contributed by atoms with van der Waals surface area (Å²) in [7, 11) is 3.21. The van der Waals surface area contributed by atoms with E-state index in [2.05, 4.69) is 19.2 Å². The predicted octanol–water partition coefficient (Wildman–Crippen LogP) is 6.78. The minimum absolute atomic E-state index is 0.148. The van der Waals surface area contributed by atoms with Gasteiger partial charge in [-0.1, -0.05) is 80.6 Å². The molecule has 40 heavy (non-hydrogen) atoms. The monoisotopic (exact) mass is 536 g/mol. The van der Waals surface area contributed by atoms with Crippen LogP contribution in [-0.4, -0.2) is 30.9 Å². The number of anilines is 1. The molecule has 1 unspecified atom stereocenters. The van der Waals surface area contributed by atoms with Crippen molar-refractivity contribution in [1.82, 2.24) is 4.90 Å². The molecule has 4 aromatic carbocycles. The Bertz CT molecular complexity index is 1380. The van der Waals surface area contributed by atoms with E-state index in [0.717, 1.165) is 28.0 Å². The number of carbonyl (C=O) groups is 2. The summed E-state index contributed by atoms with van der Waals surface area (Å²) in [5.74, 6) is 1.32. The van der Waals surface area contributed by atoms with Crippen LogP contribution in [-0.2, 0) is 22.6 Å². The average Bonchev–Trinajstić information content (AvgIpc) is 2.98. The van der Waals surface area contributed by atoms with E-state index in [1.54, 1.807) is 43.4 Å². The second-order valence-corrected chi connectivity index (χ2v) is 9.97. The number of nitrogens with zero attached hydrogens (tertiary/aromatic N) is 1.